The molecule has 2 rings (SSSR count). The Morgan fingerprint density at radius 1 is 1.11 bits per heavy atom. The maximum absolute atomic E-state index is 8.78. The minimum atomic E-state index is 0.560. The Morgan fingerprint density at radius 2 is 1.89 bits per heavy atom. The Balaban J connectivity index is 2.13. The molecule has 0 bridgehead atoms. The molecule has 0 unspecified atom stereocenters. The highest BCUT2D eigenvalue weighted by molar-refractivity contribution is 7.98. The largest absolute Gasteiger partial charge is 0.399 e. The highest BCUT2D eigenvalue weighted by Gasteiger charge is 2.05. The van der Waals surface area contributed by atoms with Gasteiger partial charge in [-0.25, -0.2) is 0 Å². The molecule has 2 aromatic carbocycles. The molecule has 2 N–H and O–H groups in total. The zero-order chi connectivity index (χ0) is 13.8. The molecule has 5 heteroatoms. The van der Waals surface area contributed by atoms with Crippen LogP contribution in [0, 0.1) is 11.3 Å². The van der Waals surface area contributed by atoms with Crippen molar-refractivity contribution in [2.24, 2.45) is 0 Å². The van der Waals surface area contributed by atoms with Gasteiger partial charge in [-0.15, -0.1) is 11.8 Å². The smallest absolute Gasteiger partial charge is 0.0992 e. The lowest BCUT2D eigenvalue weighted by atomic mass is 10.2. The highest BCUT2D eigenvalue weighted by atomic mass is 35.5. The summed E-state index contributed by atoms with van der Waals surface area (Å²) < 4.78 is 0. The van der Waals surface area contributed by atoms with Crippen molar-refractivity contribution < 1.29 is 0 Å². The van der Waals surface area contributed by atoms with Crippen molar-refractivity contribution in [2.45, 2.75) is 10.6 Å². The fourth-order valence-corrected chi connectivity index (χ4v) is 3.13. The molecule has 96 valence electrons. The number of nitrogens with zero attached hydrogens (tertiary/aromatic N) is 1. The molecule has 0 aliphatic heterocycles. The minimum Gasteiger partial charge on any atom is -0.399 e. The van der Waals surface area contributed by atoms with E-state index in [4.69, 9.17) is 34.2 Å². The molecule has 0 radical (unpaired) electrons. The van der Waals surface area contributed by atoms with Crippen molar-refractivity contribution in [3.05, 3.63) is 57.6 Å². The van der Waals surface area contributed by atoms with Gasteiger partial charge in [-0.05, 0) is 35.9 Å². The zero-order valence-corrected chi connectivity index (χ0v) is 12.2. The molecule has 2 aromatic rings. The molecular formula is C14H10Cl2N2S. The summed E-state index contributed by atoms with van der Waals surface area (Å²) in [5.41, 5.74) is 7.82. The average Bonchev–Trinajstić information content (AvgIpc) is 2.39. The maximum Gasteiger partial charge on any atom is 0.0992 e. The summed E-state index contributed by atoms with van der Waals surface area (Å²) in [4.78, 5) is 0.955. The number of hydrogen-bond donors (Lipinski definition) is 1. The van der Waals surface area contributed by atoms with Crippen LogP contribution in [0.3, 0.4) is 0 Å². The SMILES string of the molecule is N#Cc1ccc(CSc2ccc(N)cc2Cl)c(Cl)c1. The molecule has 19 heavy (non-hydrogen) atoms. The first-order valence-corrected chi connectivity index (χ1v) is 7.20. The average molecular weight is 309 g/mol. The summed E-state index contributed by atoms with van der Waals surface area (Å²) in [5, 5.41) is 10.0. The summed E-state index contributed by atoms with van der Waals surface area (Å²) in [7, 11) is 0. The van der Waals surface area contributed by atoms with Gasteiger partial charge in [0.2, 0.25) is 0 Å². The third kappa shape index (κ3) is 3.57. The minimum absolute atomic E-state index is 0.560. The second kappa shape index (κ2) is 6.21. The molecule has 2 nitrogen and oxygen atoms in total. The summed E-state index contributed by atoms with van der Waals surface area (Å²) in [6, 6.07) is 12.8. The van der Waals surface area contributed by atoms with Crippen molar-refractivity contribution >= 4 is 40.7 Å². The Morgan fingerprint density at radius 3 is 2.53 bits per heavy atom. The van der Waals surface area contributed by atoms with Crippen LogP contribution >= 0.6 is 35.0 Å². The van der Waals surface area contributed by atoms with Crippen LogP contribution in [-0.2, 0) is 5.75 Å². The molecule has 0 atom stereocenters. The van der Waals surface area contributed by atoms with Crippen molar-refractivity contribution in [3.63, 3.8) is 0 Å². The number of hydrogen-bond acceptors (Lipinski definition) is 3. The fraction of sp³-hybridized carbons (Fsp3) is 0.0714. The number of halogens is 2. The quantitative estimate of drug-likeness (QED) is 0.658. The van der Waals surface area contributed by atoms with E-state index in [9.17, 15) is 0 Å². The van der Waals surface area contributed by atoms with Crippen LogP contribution in [0.25, 0.3) is 0 Å². The monoisotopic (exact) mass is 308 g/mol. The number of nitrogen functional groups attached to an aromatic ring is 1. The fourth-order valence-electron chi connectivity index (χ4n) is 1.52. The predicted octanol–water partition coefficient (Wildman–Crippen LogP) is 4.74. The summed E-state index contributed by atoms with van der Waals surface area (Å²) in [6.07, 6.45) is 0. The molecule has 0 aliphatic rings. The van der Waals surface area contributed by atoms with Gasteiger partial charge >= 0.3 is 0 Å². The van der Waals surface area contributed by atoms with E-state index in [0.29, 0.717) is 27.0 Å². The number of thioether (sulfide) groups is 1. The molecule has 0 aliphatic carbocycles. The number of rotatable bonds is 3. The third-order valence-corrected chi connectivity index (χ3v) is 4.42. The molecule has 0 spiro atoms. The molecule has 0 saturated heterocycles. The third-order valence-electron chi connectivity index (χ3n) is 2.52. The Bertz CT molecular complexity index is 650. The van der Waals surface area contributed by atoms with E-state index >= 15 is 0 Å². The lowest BCUT2D eigenvalue weighted by Crippen LogP contribution is -1.87. The Labute approximate surface area is 126 Å². The van der Waals surface area contributed by atoms with Gasteiger partial charge in [-0.2, -0.15) is 5.26 Å². The normalized spacial score (nSPS) is 10.2. The van der Waals surface area contributed by atoms with E-state index in [0.717, 1.165) is 10.5 Å². The van der Waals surface area contributed by atoms with Gasteiger partial charge in [0.25, 0.3) is 0 Å². The second-order valence-electron chi connectivity index (χ2n) is 3.90. The van der Waals surface area contributed by atoms with Crippen LogP contribution in [0.2, 0.25) is 10.0 Å². The maximum atomic E-state index is 8.78. The van der Waals surface area contributed by atoms with Crippen LogP contribution in [0.15, 0.2) is 41.3 Å². The topological polar surface area (TPSA) is 49.8 Å². The van der Waals surface area contributed by atoms with Crippen LogP contribution in [0.1, 0.15) is 11.1 Å². The van der Waals surface area contributed by atoms with Crippen LogP contribution < -0.4 is 5.73 Å². The number of benzene rings is 2. The lowest BCUT2D eigenvalue weighted by Gasteiger charge is -2.07. The van der Waals surface area contributed by atoms with E-state index in [1.807, 2.05) is 18.2 Å². The van der Waals surface area contributed by atoms with Gasteiger partial charge in [-0.3, -0.25) is 0 Å². The van der Waals surface area contributed by atoms with Gasteiger partial charge in [-0.1, -0.05) is 29.3 Å². The van der Waals surface area contributed by atoms with E-state index in [1.54, 1.807) is 30.0 Å². The number of nitriles is 1. The molecule has 0 amide bonds. The second-order valence-corrected chi connectivity index (χ2v) is 5.73. The Kier molecular flexibility index (Phi) is 4.60. The van der Waals surface area contributed by atoms with Crippen molar-refractivity contribution in [3.8, 4) is 6.07 Å². The predicted molar refractivity (Wildman–Crippen MR) is 81.6 cm³/mol. The van der Waals surface area contributed by atoms with Gasteiger partial charge in [0.05, 0.1) is 16.7 Å². The van der Waals surface area contributed by atoms with E-state index in [2.05, 4.69) is 6.07 Å². The van der Waals surface area contributed by atoms with Crippen LogP contribution in [0.5, 0.6) is 0 Å². The molecular weight excluding hydrogens is 299 g/mol. The summed E-state index contributed by atoms with van der Waals surface area (Å²) in [6.45, 7) is 0. The van der Waals surface area contributed by atoms with E-state index in [1.165, 1.54) is 0 Å². The number of nitrogens with two attached hydrogens (primary N) is 1. The highest BCUT2D eigenvalue weighted by Crippen LogP contribution is 2.32. The molecule has 0 aromatic heterocycles. The summed E-state index contributed by atoms with van der Waals surface area (Å²) in [5.74, 6) is 0.689. The first-order chi connectivity index (χ1) is 9.10. The van der Waals surface area contributed by atoms with Crippen molar-refractivity contribution in [2.75, 3.05) is 5.73 Å². The summed E-state index contributed by atoms with van der Waals surface area (Å²) >= 11 is 13.8. The first kappa shape index (κ1) is 14.1. The zero-order valence-electron chi connectivity index (χ0n) is 9.86. The van der Waals surface area contributed by atoms with Gasteiger partial charge in [0.15, 0.2) is 0 Å². The van der Waals surface area contributed by atoms with Gasteiger partial charge < -0.3 is 5.73 Å². The standard InChI is InChI=1S/C14H10Cl2N2S/c15-12-5-9(7-17)1-2-10(12)8-19-14-4-3-11(18)6-13(14)16/h1-6H,8,18H2. The molecule has 0 heterocycles. The van der Waals surface area contributed by atoms with Crippen LogP contribution in [0.4, 0.5) is 5.69 Å². The van der Waals surface area contributed by atoms with E-state index in [-0.39, 0.29) is 0 Å². The first-order valence-electron chi connectivity index (χ1n) is 5.46. The van der Waals surface area contributed by atoms with E-state index < -0.39 is 0 Å². The van der Waals surface area contributed by atoms with Gasteiger partial charge in [0, 0.05) is 21.4 Å². The molecule has 0 saturated carbocycles. The van der Waals surface area contributed by atoms with Gasteiger partial charge in [0.1, 0.15) is 0 Å². The van der Waals surface area contributed by atoms with Crippen molar-refractivity contribution in [1.29, 1.82) is 5.26 Å². The number of anilines is 1. The van der Waals surface area contributed by atoms with Crippen molar-refractivity contribution in [1.82, 2.24) is 0 Å². The lowest BCUT2D eigenvalue weighted by molar-refractivity contribution is 1.37. The van der Waals surface area contributed by atoms with Crippen LogP contribution in [-0.4, -0.2) is 0 Å². The Hall–Kier alpha value is -1.34. The molecule has 0 fully saturated rings.